The molecule has 1 aromatic rings. The third kappa shape index (κ3) is 3.91. The van der Waals surface area contributed by atoms with Crippen LogP contribution in [0.1, 0.15) is 17.3 Å². The number of hydrogen-bond donors (Lipinski definition) is 2. The molecule has 0 heterocycles. The fourth-order valence-corrected chi connectivity index (χ4v) is 1.44. The largest absolute Gasteiger partial charge is 0.496 e. The minimum Gasteiger partial charge on any atom is -0.496 e. The van der Waals surface area contributed by atoms with Crippen molar-refractivity contribution in [1.82, 2.24) is 5.32 Å². The van der Waals surface area contributed by atoms with Crippen LogP contribution in [0, 0.1) is 5.92 Å². The van der Waals surface area contributed by atoms with E-state index in [2.05, 4.69) is 5.32 Å². The summed E-state index contributed by atoms with van der Waals surface area (Å²) in [5.74, 6) is 0.225. The van der Waals surface area contributed by atoms with Crippen molar-refractivity contribution in [3.63, 3.8) is 0 Å². The van der Waals surface area contributed by atoms with E-state index in [0.717, 1.165) is 0 Å². The fourth-order valence-electron chi connectivity index (χ4n) is 1.28. The Morgan fingerprint density at radius 3 is 2.88 bits per heavy atom. The standard InChI is InChI=1S/C12H16ClNO3/c1-8(7-15)6-14-12(16)10-4-3-9(13)5-11(10)17-2/h3-5,8,15H,6-7H2,1-2H3,(H,14,16). The number of benzene rings is 1. The summed E-state index contributed by atoms with van der Waals surface area (Å²) in [6.07, 6.45) is 0. The minimum atomic E-state index is -0.237. The number of nitrogens with one attached hydrogen (secondary N) is 1. The number of carbonyl (C=O) groups excluding carboxylic acids is 1. The number of rotatable bonds is 5. The number of aliphatic hydroxyl groups is 1. The molecule has 2 N–H and O–H groups in total. The van der Waals surface area contributed by atoms with Crippen LogP contribution in [0.4, 0.5) is 0 Å². The summed E-state index contributed by atoms with van der Waals surface area (Å²) in [6, 6.07) is 4.83. The molecule has 1 unspecified atom stereocenters. The molecule has 1 aromatic carbocycles. The van der Waals surface area contributed by atoms with Crippen molar-refractivity contribution in [1.29, 1.82) is 0 Å². The van der Waals surface area contributed by atoms with Crippen molar-refractivity contribution in [2.45, 2.75) is 6.92 Å². The number of hydrogen-bond acceptors (Lipinski definition) is 3. The molecular formula is C12H16ClNO3. The highest BCUT2D eigenvalue weighted by atomic mass is 35.5. The van der Waals surface area contributed by atoms with Gasteiger partial charge in [-0.3, -0.25) is 4.79 Å². The molecule has 1 rings (SSSR count). The van der Waals surface area contributed by atoms with Gasteiger partial charge in [-0.15, -0.1) is 0 Å². The maximum atomic E-state index is 11.8. The number of carbonyl (C=O) groups is 1. The topological polar surface area (TPSA) is 58.6 Å². The summed E-state index contributed by atoms with van der Waals surface area (Å²) in [4.78, 5) is 11.8. The lowest BCUT2D eigenvalue weighted by molar-refractivity contribution is 0.0939. The van der Waals surface area contributed by atoms with E-state index in [1.807, 2.05) is 6.92 Å². The molecule has 0 saturated heterocycles. The summed E-state index contributed by atoms with van der Waals surface area (Å²) in [5, 5.41) is 12.1. The Morgan fingerprint density at radius 2 is 2.29 bits per heavy atom. The zero-order valence-corrected chi connectivity index (χ0v) is 10.6. The average molecular weight is 258 g/mol. The van der Waals surface area contributed by atoms with Crippen LogP contribution < -0.4 is 10.1 Å². The molecule has 17 heavy (non-hydrogen) atoms. The third-order valence-electron chi connectivity index (χ3n) is 2.33. The Balaban J connectivity index is 2.75. The van der Waals surface area contributed by atoms with Crippen molar-refractivity contribution in [2.75, 3.05) is 20.3 Å². The van der Waals surface area contributed by atoms with Gasteiger partial charge in [0.1, 0.15) is 5.75 Å². The van der Waals surface area contributed by atoms with E-state index in [-0.39, 0.29) is 18.4 Å². The van der Waals surface area contributed by atoms with Crippen LogP contribution in [0.15, 0.2) is 18.2 Å². The van der Waals surface area contributed by atoms with Crippen molar-refractivity contribution in [3.8, 4) is 5.75 Å². The predicted molar refractivity (Wildman–Crippen MR) is 66.6 cm³/mol. The van der Waals surface area contributed by atoms with Crippen LogP contribution >= 0.6 is 11.6 Å². The second-order valence-electron chi connectivity index (χ2n) is 3.84. The smallest absolute Gasteiger partial charge is 0.255 e. The van der Waals surface area contributed by atoms with E-state index >= 15 is 0 Å². The van der Waals surface area contributed by atoms with Crippen LogP contribution in [0.5, 0.6) is 5.75 Å². The first-order chi connectivity index (χ1) is 8.08. The Hall–Kier alpha value is -1.26. The van der Waals surface area contributed by atoms with Crippen LogP contribution in [0.2, 0.25) is 5.02 Å². The molecule has 0 aromatic heterocycles. The number of halogens is 1. The zero-order valence-electron chi connectivity index (χ0n) is 9.87. The van der Waals surface area contributed by atoms with E-state index in [9.17, 15) is 4.79 Å². The van der Waals surface area contributed by atoms with E-state index in [0.29, 0.717) is 22.9 Å². The van der Waals surface area contributed by atoms with Gasteiger partial charge in [-0.1, -0.05) is 18.5 Å². The summed E-state index contributed by atoms with van der Waals surface area (Å²) in [5.41, 5.74) is 0.432. The Morgan fingerprint density at radius 1 is 1.59 bits per heavy atom. The molecule has 0 saturated carbocycles. The molecule has 0 bridgehead atoms. The molecule has 94 valence electrons. The highest BCUT2D eigenvalue weighted by molar-refractivity contribution is 6.30. The van der Waals surface area contributed by atoms with Gasteiger partial charge in [-0.05, 0) is 24.1 Å². The van der Waals surface area contributed by atoms with Gasteiger partial charge in [0.15, 0.2) is 0 Å². The van der Waals surface area contributed by atoms with Gasteiger partial charge in [-0.25, -0.2) is 0 Å². The molecule has 1 amide bonds. The molecule has 0 aliphatic carbocycles. The minimum absolute atomic E-state index is 0.0252. The molecular weight excluding hydrogens is 242 g/mol. The van der Waals surface area contributed by atoms with Gasteiger partial charge in [0.2, 0.25) is 0 Å². The van der Waals surface area contributed by atoms with Crippen molar-refractivity contribution in [3.05, 3.63) is 28.8 Å². The van der Waals surface area contributed by atoms with Gasteiger partial charge in [0, 0.05) is 18.2 Å². The van der Waals surface area contributed by atoms with Crippen LogP contribution in [0.25, 0.3) is 0 Å². The van der Waals surface area contributed by atoms with Crippen LogP contribution in [0.3, 0.4) is 0 Å². The third-order valence-corrected chi connectivity index (χ3v) is 2.57. The van der Waals surface area contributed by atoms with Gasteiger partial charge in [-0.2, -0.15) is 0 Å². The Bertz CT molecular complexity index is 395. The van der Waals surface area contributed by atoms with Crippen molar-refractivity contribution in [2.24, 2.45) is 5.92 Å². The molecule has 0 radical (unpaired) electrons. The second kappa shape index (κ2) is 6.47. The quantitative estimate of drug-likeness (QED) is 0.844. The molecule has 4 nitrogen and oxygen atoms in total. The fraction of sp³-hybridized carbons (Fsp3) is 0.417. The van der Waals surface area contributed by atoms with Gasteiger partial charge in [0.05, 0.1) is 12.7 Å². The van der Waals surface area contributed by atoms with E-state index in [1.54, 1.807) is 18.2 Å². The second-order valence-corrected chi connectivity index (χ2v) is 4.28. The normalized spacial score (nSPS) is 12.0. The molecule has 0 aliphatic heterocycles. The van der Waals surface area contributed by atoms with E-state index in [1.165, 1.54) is 7.11 Å². The first kappa shape index (κ1) is 13.8. The lowest BCUT2D eigenvalue weighted by Crippen LogP contribution is -2.29. The monoisotopic (exact) mass is 257 g/mol. The number of aliphatic hydroxyl groups excluding tert-OH is 1. The van der Waals surface area contributed by atoms with Crippen molar-refractivity contribution < 1.29 is 14.6 Å². The van der Waals surface area contributed by atoms with E-state index < -0.39 is 0 Å². The average Bonchev–Trinajstić information content (AvgIpc) is 2.35. The van der Waals surface area contributed by atoms with Crippen LogP contribution in [-0.4, -0.2) is 31.3 Å². The summed E-state index contributed by atoms with van der Waals surface area (Å²) < 4.78 is 5.09. The SMILES string of the molecule is COc1cc(Cl)ccc1C(=O)NCC(C)CO. The van der Waals surface area contributed by atoms with Gasteiger partial charge < -0.3 is 15.2 Å². The van der Waals surface area contributed by atoms with Gasteiger partial charge in [0.25, 0.3) is 5.91 Å². The lowest BCUT2D eigenvalue weighted by Gasteiger charge is -2.12. The highest BCUT2D eigenvalue weighted by Crippen LogP contribution is 2.22. The highest BCUT2D eigenvalue weighted by Gasteiger charge is 2.13. The van der Waals surface area contributed by atoms with E-state index in [4.69, 9.17) is 21.4 Å². The maximum Gasteiger partial charge on any atom is 0.255 e. The molecule has 0 fully saturated rings. The number of methoxy groups -OCH3 is 1. The maximum absolute atomic E-state index is 11.8. The van der Waals surface area contributed by atoms with Crippen LogP contribution in [-0.2, 0) is 0 Å². The predicted octanol–water partition coefficient (Wildman–Crippen LogP) is 1.71. The summed E-state index contributed by atoms with van der Waals surface area (Å²) in [6.45, 7) is 2.30. The molecule has 0 aliphatic rings. The molecule has 5 heteroatoms. The lowest BCUT2D eigenvalue weighted by atomic mass is 10.1. The summed E-state index contributed by atoms with van der Waals surface area (Å²) >= 11 is 5.81. The number of ether oxygens (including phenoxy) is 1. The first-order valence-electron chi connectivity index (χ1n) is 5.31. The molecule has 1 atom stereocenters. The Labute approximate surface area is 106 Å². The summed E-state index contributed by atoms with van der Waals surface area (Å²) in [7, 11) is 1.48. The molecule has 0 spiro atoms. The zero-order chi connectivity index (χ0) is 12.8. The van der Waals surface area contributed by atoms with Gasteiger partial charge >= 0.3 is 0 Å². The van der Waals surface area contributed by atoms with Crippen molar-refractivity contribution >= 4 is 17.5 Å². The number of amides is 1. The Kier molecular flexibility index (Phi) is 5.25. The first-order valence-corrected chi connectivity index (χ1v) is 5.69.